The highest BCUT2D eigenvalue weighted by molar-refractivity contribution is 5.91. The molecule has 5 nitrogen and oxygen atoms in total. The molecule has 0 spiro atoms. The Morgan fingerprint density at radius 3 is 2.65 bits per heavy atom. The Bertz CT molecular complexity index is 1130. The summed E-state index contributed by atoms with van der Waals surface area (Å²) < 4.78 is 0. The fourth-order valence-electron chi connectivity index (χ4n) is 3.12. The zero-order valence-electron chi connectivity index (χ0n) is 14.2. The predicted octanol–water partition coefficient (Wildman–Crippen LogP) is 4.74. The lowest BCUT2D eigenvalue weighted by molar-refractivity contribution is 1.29. The first-order chi connectivity index (χ1) is 12.7. The summed E-state index contributed by atoms with van der Waals surface area (Å²) in [6, 6.07) is 15.9. The third-order valence-corrected chi connectivity index (χ3v) is 4.55. The molecule has 0 radical (unpaired) electrons. The summed E-state index contributed by atoms with van der Waals surface area (Å²) in [5, 5.41) is 14.2. The molecule has 0 amide bonds. The molecule has 0 saturated heterocycles. The number of H-pyrrole nitrogens is 1. The summed E-state index contributed by atoms with van der Waals surface area (Å²) in [7, 11) is 0. The smallest absolute Gasteiger partial charge is 0.103 e. The van der Waals surface area contributed by atoms with E-state index in [1.54, 1.807) is 12.4 Å². The predicted molar refractivity (Wildman–Crippen MR) is 105 cm³/mol. The highest BCUT2D eigenvalue weighted by atomic mass is 14.9. The number of benzene rings is 2. The first-order valence-electron chi connectivity index (χ1n) is 8.25. The molecule has 0 unspecified atom stereocenters. The molecule has 0 aliphatic heterocycles. The second-order valence-electron chi connectivity index (χ2n) is 6.15. The van der Waals surface area contributed by atoms with Gasteiger partial charge >= 0.3 is 0 Å². The summed E-state index contributed by atoms with van der Waals surface area (Å²) in [5.41, 5.74) is 12.7. The average Bonchev–Trinajstić information content (AvgIpc) is 3.14. The van der Waals surface area contributed by atoms with Crippen LogP contribution in [0.25, 0.3) is 22.0 Å². The number of anilines is 3. The fraction of sp³-hybridized carbons (Fsp3) is 0.0476. The van der Waals surface area contributed by atoms with Gasteiger partial charge in [0.05, 0.1) is 11.3 Å². The van der Waals surface area contributed by atoms with Crippen molar-refractivity contribution in [3.8, 4) is 17.2 Å². The molecule has 0 aliphatic rings. The largest absolute Gasteiger partial charge is 0.399 e. The van der Waals surface area contributed by atoms with Crippen molar-refractivity contribution >= 4 is 28.0 Å². The van der Waals surface area contributed by atoms with Crippen LogP contribution in [-0.4, -0.2) is 9.97 Å². The minimum absolute atomic E-state index is 0.493. The molecule has 4 rings (SSSR count). The highest BCUT2D eigenvalue weighted by Crippen LogP contribution is 2.35. The second-order valence-corrected chi connectivity index (χ2v) is 6.15. The summed E-state index contributed by atoms with van der Waals surface area (Å²) in [4.78, 5) is 7.44. The van der Waals surface area contributed by atoms with Gasteiger partial charge in [-0.3, -0.25) is 4.98 Å². The zero-order valence-corrected chi connectivity index (χ0v) is 14.2. The van der Waals surface area contributed by atoms with Crippen molar-refractivity contribution in [3.05, 3.63) is 72.2 Å². The van der Waals surface area contributed by atoms with Crippen LogP contribution in [0.4, 0.5) is 17.1 Å². The van der Waals surface area contributed by atoms with E-state index < -0.39 is 0 Å². The minimum Gasteiger partial charge on any atom is -0.399 e. The molecule has 0 saturated carbocycles. The maximum atomic E-state index is 9.56. The number of fused-ring (bicyclic) bond motifs is 1. The van der Waals surface area contributed by atoms with E-state index in [2.05, 4.69) is 34.3 Å². The third kappa shape index (κ3) is 2.64. The van der Waals surface area contributed by atoms with Gasteiger partial charge in [-0.15, -0.1) is 0 Å². The standard InChI is InChI=1S/C21H17N5/c1-13-17-8-9-25-20(17)7-6-19(13)26-21-15(10-22)11-24-12-18(21)14-2-4-16(23)5-3-14/h2-9,11-12,25H,23H2,1H3,(H,24,26). The lowest BCUT2D eigenvalue weighted by atomic mass is 10.0. The number of rotatable bonds is 3. The first-order valence-corrected chi connectivity index (χ1v) is 8.25. The van der Waals surface area contributed by atoms with Gasteiger partial charge < -0.3 is 16.0 Å². The number of nitrogens with one attached hydrogen (secondary N) is 2. The van der Waals surface area contributed by atoms with Crippen LogP contribution >= 0.6 is 0 Å². The van der Waals surface area contributed by atoms with Crippen molar-refractivity contribution < 1.29 is 0 Å². The summed E-state index contributed by atoms with van der Waals surface area (Å²) in [5.74, 6) is 0. The van der Waals surface area contributed by atoms with E-state index in [-0.39, 0.29) is 0 Å². The van der Waals surface area contributed by atoms with Crippen molar-refractivity contribution in [3.63, 3.8) is 0 Å². The monoisotopic (exact) mass is 339 g/mol. The Kier molecular flexibility index (Phi) is 3.79. The number of pyridine rings is 1. The van der Waals surface area contributed by atoms with Gasteiger partial charge in [-0.1, -0.05) is 12.1 Å². The molecule has 2 aromatic heterocycles. The molecule has 2 heterocycles. The van der Waals surface area contributed by atoms with E-state index in [9.17, 15) is 5.26 Å². The van der Waals surface area contributed by atoms with Crippen LogP contribution in [0.5, 0.6) is 0 Å². The van der Waals surface area contributed by atoms with E-state index in [0.29, 0.717) is 11.3 Å². The molecule has 0 aliphatic carbocycles. The topological polar surface area (TPSA) is 90.5 Å². The van der Waals surface area contributed by atoms with E-state index in [4.69, 9.17) is 5.73 Å². The van der Waals surface area contributed by atoms with Gasteiger partial charge in [0.15, 0.2) is 0 Å². The molecule has 4 N–H and O–H groups in total. The van der Waals surface area contributed by atoms with Gasteiger partial charge in [0, 0.05) is 46.4 Å². The summed E-state index contributed by atoms with van der Waals surface area (Å²) in [6.07, 6.45) is 5.26. The highest BCUT2D eigenvalue weighted by Gasteiger charge is 2.13. The Morgan fingerprint density at radius 1 is 1.08 bits per heavy atom. The number of nitrogens with zero attached hydrogens (tertiary/aromatic N) is 2. The molecule has 0 fully saturated rings. The maximum absolute atomic E-state index is 9.56. The van der Waals surface area contributed by atoms with Gasteiger partial charge in [0.25, 0.3) is 0 Å². The Balaban J connectivity index is 1.86. The van der Waals surface area contributed by atoms with Crippen LogP contribution in [0.15, 0.2) is 61.1 Å². The van der Waals surface area contributed by atoms with Crippen molar-refractivity contribution in [1.29, 1.82) is 5.26 Å². The Labute approximate surface area is 151 Å². The van der Waals surface area contributed by atoms with E-state index >= 15 is 0 Å². The zero-order chi connectivity index (χ0) is 18.1. The van der Waals surface area contributed by atoms with Gasteiger partial charge in [-0.25, -0.2) is 0 Å². The van der Waals surface area contributed by atoms with E-state index in [0.717, 1.165) is 39.0 Å². The molecule has 5 heteroatoms. The number of aromatic nitrogens is 2. The Hall–Kier alpha value is -3.78. The quantitative estimate of drug-likeness (QED) is 0.470. The van der Waals surface area contributed by atoms with Gasteiger partial charge in [0.2, 0.25) is 0 Å². The van der Waals surface area contributed by atoms with Crippen molar-refractivity contribution in [2.75, 3.05) is 11.1 Å². The van der Waals surface area contributed by atoms with Gasteiger partial charge in [-0.2, -0.15) is 5.26 Å². The number of nitrogens with two attached hydrogens (primary N) is 1. The van der Waals surface area contributed by atoms with E-state index in [1.807, 2.05) is 42.6 Å². The lowest BCUT2D eigenvalue weighted by Crippen LogP contribution is -2.00. The molecular weight excluding hydrogens is 322 g/mol. The van der Waals surface area contributed by atoms with Crippen molar-refractivity contribution in [2.24, 2.45) is 0 Å². The maximum Gasteiger partial charge on any atom is 0.103 e. The SMILES string of the molecule is Cc1c(Nc2c(C#N)cncc2-c2ccc(N)cc2)ccc2[nH]ccc12. The van der Waals surface area contributed by atoms with Gasteiger partial charge in [0.1, 0.15) is 6.07 Å². The van der Waals surface area contributed by atoms with Crippen LogP contribution < -0.4 is 11.1 Å². The minimum atomic E-state index is 0.493. The van der Waals surface area contributed by atoms with Crippen LogP contribution in [0.3, 0.4) is 0 Å². The third-order valence-electron chi connectivity index (χ3n) is 4.55. The van der Waals surface area contributed by atoms with Crippen LogP contribution in [0.1, 0.15) is 11.1 Å². The molecule has 126 valence electrons. The number of aromatic amines is 1. The fourth-order valence-corrected chi connectivity index (χ4v) is 3.12. The molecule has 0 atom stereocenters. The number of nitrogen functional groups attached to an aromatic ring is 1. The normalized spacial score (nSPS) is 10.6. The number of nitriles is 1. The van der Waals surface area contributed by atoms with Crippen LogP contribution in [0.2, 0.25) is 0 Å². The number of aryl methyl sites for hydroxylation is 1. The molecule has 26 heavy (non-hydrogen) atoms. The van der Waals surface area contributed by atoms with Crippen molar-refractivity contribution in [1.82, 2.24) is 9.97 Å². The number of hydrogen-bond acceptors (Lipinski definition) is 4. The molecule has 0 bridgehead atoms. The number of hydrogen-bond donors (Lipinski definition) is 3. The summed E-state index contributed by atoms with van der Waals surface area (Å²) >= 11 is 0. The first kappa shape index (κ1) is 15.7. The van der Waals surface area contributed by atoms with Crippen LogP contribution in [-0.2, 0) is 0 Å². The molecule has 2 aromatic carbocycles. The second kappa shape index (κ2) is 6.26. The Morgan fingerprint density at radius 2 is 1.88 bits per heavy atom. The van der Waals surface area contributed by atoms with E-state index in [1.165, 1.54) is 0 Å². The van der Waals surface area contributed by atoms with Crippen LogP contribution in [0, 0.1) is 18.3 Å². The lowest BCUT2D eigenvalue weighted by Gasteiger charge is -2.16. The molecular formula is C21H17N5. The average molecular weight is 339 g/mol. The summed E-state index contributed by atoms with van der Waals surface area (Å²) in [6.45, 7) is 2.06. The van der Waals surface area contributed by atoms with Crippen molar-refractivity contribution in [2.45, 2.75) is 6.92 Å². The molecule has 4 aromatic rings. The van der Waals surface area contributed by atoms with Gasteiger partial charge in [-0.05, 0) is 48.4 Å².